The zero-order valence-electron chi connectivity index (χ0n) is 5.74. The number of aliphatic hydroxyl groups is 1. The molecule has 0 aliphatic heterocycles. The van der Waals surface area contributed by atoms with Crippen LogP contribution in [0.3, 0.4) is 0 Å². The predicted octanol–water partition coefficient (Wildman–Crippen LogP) is 0.231. The van der Waals surface area contributed by atoms with Gasteiger partial charge in [0.25, 0.3) is 0 Å². The molecule has 0 aromatic rings. The summed E-state index contributed by atoms with van der Waals surface area (Å²) in [7, 11) is -5.14. The summed E-state index contributed by atoms with van der Waals surface area (Å²) in [4.78, 5) is 0. The maximum Gasteiger partial charge on any atom is 0.312 e. The van der Waals surface area contributed by atoms with Gasteiger partial charge in [-0.05, 0) is 0 Å². The third-order valence-electron chi connectivity index (χ3n) is 1.05. The van der Waals surface area contributed by atoms with Gasteiger partial charge >= 0.3 is 13.1 Å². The fraction of sp³-hybridized carbons (Fsp3) is 0.750. The van der Waals surface area contributed by atoms with Gasteiger partial charge in [-0.15, -0.1) is 0 Å². The first-order valence-electron chi connectivity index (χ1n) is 2.60. The van der Waals surface area contributed by atoms with E-state index < -0.39 is 46.6 Å². The average Bonchev–Trinajstić information content (AvgIpc) is 1.99. The van der Waals surface area contributed by atoms with Crippen molar-refractivity contribution in [3.05, 3.63) is 0 Å². The first-order valence-corrected chi connectivity index (χ1v) is 6.64. The summed E-state index contributed by atoms with van der Waals surface area (Å²) in [6.07, 6.45) is -2.64. The van der Waals surface area contributed by atoms with Crippen LogP contribution in [0.1, 0.15) is 0 Å². The summed E-state index contributed by atoms with van der Waals surface area (Å²) in [5, 5.41) is 8.16. The van der Waals surface area contributed by atoms with Crippen molar-refractivity contribution in [1.29, 1.82) is 0 Å². The van der Waals surface area contributed by atoms with Crippen molar-refractivity contribution in [3.8, 4) is 0 Å². The lowest BCUT2D eigenvalue weighted by molar-refractivity contribution is 0.121. The molecule has 12 heavy (non-hydrogen) atoms. The topological polar surface area (TPSA) is 74.6 Å². The summed E-state index contributed by atoms with van der Waals surface area (Å²) in [5.74, 6) is 0. The van der Waals surface area contributed by atoms with Gasteiger partial charge in [0.1, 0.15) is 0 Å². The van der Waals surface area contributed by atoms with Crippen LogP contribution in [-0.2, 0) is 10.1 Å². The van der Waals surface area contributed by atoms with Crippen molar-refractivity contribution >= 4 is 35.4 Å². The Bertz CT molecular complexity index is 266. The summed E-state index contributed by atoms with van der Waals surface area (Å²) in [5.41, 5.74) is 0. The minimum absolute atomic E-state index is 1.30. The van der Waals surface area contributed by atoms with Crippen LogP contribution in [0.5, 0.6) is 0 Å². The minimum atomic E-state index is -5.14. The van der Waals surface area contributed by atoms with Crippen LogP contribution in [0.25, 0.3) is 0 Å². The molecule has 0 bridgehead atoms. The van der Waals surface area contributed by atoms with E-state index in [1.165, 1.54) is 0 Å². The smallest absolute Gasteiger partial charge is 0.312 e. The Morgan fingerprint density at radius 1 is 1.67 bits per heavy atom. The largest absolute Gasteiger partial charge is 0.393 e. The van der Waals surface area contributed by atoms with Gasteiger partial charge in [0.05, 0.1) is 6.61 Å². The molecule has 0 aromatic heterocycles. The molecule has 0 radical (unpaired) electrons. The predicted molar refractivity (Wildman–Crippen MR) is 48.5 cm³/mol. The second-order valence-electron chi connectivity index (χ2n) is 1.82. The van der Waals surface area contributed by atoms with Crippen molar-refractivity contribution < 1.29 is 26.9 Å². The molecule has 0 heterocycles. The molecule has 0 spiro atoms. The van der Waals surface area contributed by atoms with Gasteiger partial charge < -0.3 is 5.11 Å². The lowest BCUT2D eigenvalue weighted by Gasteiger charge is -2.19. The molecule has 0 aliphatic rings. The van der Waals surface area contributed by atoms with Crippen molar-refractivity contribution in [3.63, 3.8) is 0 Å². The molecule has 4 nitrogen and oxygen atoms in total. The highest BCUT2D eigenvalue weighted by molar-refractivity contribution is 14.2. The summed E-state index contributed by atoms with van der Waals surface area (Å²) >= 11 is -1.97. The number of aliphatic hydroxyl groups excluding tert-OH is 1. The molecule has 0 amide bonds. The Hall–Kier alpha value is 0.330. The molecule has 2 unspecified atom stereocenters. The van der Waals surface area contributed by atoms with E-state index in [4.69, 9.17) is 9.66 Å². The molecule has 0 fully saturated rings. The molecule has 0 aromatic carbocycles. The molecule has 74 valence electrons. The van der Waals surface area contributed by atoms with Crippen LogP contribution in [-0.4, -0.2) is 38.4 Å². The summed E-state index contributed by atoms with van der Waals surface area (Å²) < 4.78 is 53.9. The van der Waals surface area contributed by atoms with Crippen LogP contribution in [0.4, 0.5) is 8.78 Å². The molecular formula is C4H7F2IO4S. The monoisotopic (exact) mass is 316 g/mol. The minimum Gasteiger partial charge on any atom is -0.393 e. The second-order valence-corrected chi connectivity index (χ2v) is 6.43. The number of hydrogen-bond donors (Lipinski definition) is 2. The molecule has 0 rings (SSSR count). The van der Waals surface area contributed by atoms with Crippen LogP contribution < -0.4 is 0 Å². The molecule has 0 aliphatic carbocycles. The van der Waals surface area contributed by atoms with E-state index in [1.807, 2.05) is 0 Å². The quantitative estimate of drug-likeness (QED) is 0.442. The van der Waals surface area contributed by atoms with Crippen molar-refractivity contribution in [1.82, 2.24) is 0 Å². The third kappa shape index (κ3) is 2.18. The van der Waals surface area contributed by atoms with Crippen LogP contribution in [0.2, 0.25) is 0 Å². The maximum atomic E-state index is 13.0. The molecule has 2 N–H and O–H groups in total. The van der Waals surface area contributed by atoms with Gasteiger partial charge in [0, 0.05) is 0 Å². The van der Waals surface area contributed by atoms with E-state index in [0.29, 0.717) is 0 Å². The van der Waals surface area contributed by atoms with E-state index in [0.717, 1.165) is 0 Å². The van der Waals surface area contributed by atoms with Crippen LogP contribution >= 0.6 is 20.7 Å². The number of hydrogen-bond acceptors (Lipinski definition) is 3. The van der Waals surface area contributed by atoms with E-state index in [1.54, 1.807) is 0 Å². The molecule has 8 heteroatoms. The lowest BCUT2D eigenvalue weighted by atomic mass is 10.5. The Kier molecular flexibility index (Phi) is 4.14. The Balaban J connectivity index is 5.08. The van der Waals surface area contributed by atoms with E-state index in [9.17, 15) is 17.2 Å². The standard InChI is InChI=1S/C4H7F2IO4S/c1-7-4(6,3(5)2-8)12(9,10)11/h3,8H,1-2H2,(H,9,10,11). The van der Waals surface area contributed by atoms with Gasteiger partial charge in [-0.2, -0.15) is 8.42 Å². The fourth-order valence-corrected chi connectivity index (χ4v) is 2.81. The van der Waals surface area contributed by atoms with Crippen LogP contribution in [0, 0.1) is 0 Å². The zero-order chi connectivity index (χ0) is 9.99. The normalized spacial score (nSPS) is 20.0. The van der Waals surface area contributed by atoms with Gasteiger partial charge in [-0.3, -0.25) is 4.55 Å². The van der Waals surface area contributed by atoms with Crippen molar-refractivity contribution in [2.45, 2.75) is 9.18 Å². The van der Waals surface area contributed by atoms with E-state index in [-0.39, 0.29) is 0 Å². The summed E-state index contributed by atoms with van der Waals surface area (Å²) in [6.45, 7) is -1.30. The number of alkyl halides is 3. The fourth-order valence-electron chi connectivity index (χ4n) is 0.421. The van der Waals surface area contributed by atoms with Crippen molar-refractivity contribution in [2.75, 3.05) is 6.61 Å². The molecule has 2 atom stereocenters. The molecule has 0 saturated heterocycles. The average molecular weight is 316 g/mol. The maximum absolute atomic E-state index is 13.0. The SMILES string of the molecule is C=IC(F)(C(F)CO)S(=O)(=O)O. The Morgan fingerprint density at radius 2 is 2.08 bits per heavy atom. The number of halogens is 3. The first kappa shape index (κ1) is 12.3. The van der Waals surface area contributed by atoms with Gasteiger partial charge in [-0.1, -0.05) is 25.2 Å². The van der Waals surface area contributed by atoms with Crippen molar-refractivity contribution in [2.24, 2.45) is 0 Å². The third-order valence-corrected chi connectivity index (χ3v) is 6.11. The highest BCUT2D eigenvalue weighted by Gasteiger charge is 2.49. The van der Waals surface area contributed by atoms with Gasteiger partial charge in [0.2, 0.25) is 0 Å². The zero-order valence-corrected chi connectivity index (χ0v) is 8.72. The molecule has 0 saturated carbocycles. The van der Waals surface area contributed by atoms with Gasteiger partial charge in [0.15, 0.2) is 6.17 Å². The highest BCUT2D eigenvalue weighted by Crippen LogP contribution is 2.36. The van der Waals surface area contributed by atoms with Gasteiger partial charge in [-0.25, -0.2) is 8.78 Å². The Morgan fingerprint density at radius 3 is 2.17 bits per heavy atom. The summed E-state index contributed by atoms with van der Waals surface area (Å²) in [6, 6.07) is 0. The first-order chi connectivity index (χ1) is 5.29. The molecular weight excluding hydrogens is 309 g/mol. The second kappa shape index (κ2) is 4.03. The van der Waals surface area contributed by atoms with E-state index in [2.05, 4.69) is 4.51 Å². The number of rotatable bonds is 4. The van der Waals surface area contributed by atoms with E-state index >= 15 is 0 Å². The Labute approximate surface area is 78.1 Å². The lowest BCUT2D eigenvalue weighted by Crippen LogP contribution is -2.39. The highest BCUT2D eigenvalue weighted by atomic mass is 127. The van der Waals surface area contributed by atoms with Crippen LogP contribution in [0.15, 0.2) is 0 Å².